The van der Waals surface area contributed by atoms with Crippen LogP contribution in [0.3, 0.4) is 0 Å². The number of rotatable bonds is 6. The molecule has 3 heterocycles. The number of phenolic OH excluding ortho intramolecular Hbond substituents is 4. The summed E-state index contributed by atoms with van der Waals surface area (Å²) in [5.41, 5.74) is 0.445. The molecule has 230 valence electrons. The van der Waals surface area contributed by atoms with Crippen LogP contribution in [0.1, 0.15) is 24.2 Å². The Morgan fingerprint density at radius 1 is 0.762 bits per heavy atom. The lowest BCUT2D eigenvalue weighted by atomic mass is 9.98. The zero-order valence-corrected chi connectivity index (χ0v) is 22.1. The first-order valence-corrected chi connectivity index (χ1v) is 13.0. The van der Waals surface area contributed by atoms with E-state index in [0.717, 1.165) is 6.07 Å². The van der Waals surface area contributed by atoms with E-state index in [4.69, 9.17) is 18.9 Å². The van der Waals surface area contributed by atoms with Gasteiger partial charge in [0.1, 0.15) is 54.0 Å². The van der Waals surface area contributed by atoms with Gasteiger partial charge in [-0.1, -0.05) is 0 Å². The van der Waals surface area contributed by atoms with Crippen LogP contribution in [0.5, 0.6) is 28.7 Å². The van der Waals surface area contributed by atoms with E-state index in [1.165, 1.54) is 37.3 Å². The zero-order valence-electron chi connectivity index (χ0n) is 22.1. The van der Waals surface area contributed by atoms with Crippen molar-refractivity contribution in [2.75, 3.05) is 6.61 Å². The SMILES string of the molecule is CC1OC(OCC2OC(OC3=Cc4c(cc(O)c(O)c4O)[OH+]C3c3ccc(O)cc3)C(O)C(O)C2O)C(O)C(O)C1O. The first-order valence-electron chi connectivity index (χ1n) is 13.0. The van der Waals surface area contributed by atoms with Gasteiger partial charge in [-0.05, 0) is 31.2 Å². The predicted octanol–water partition coefficient (Wildman–Crippen LogP) is -1.49. The molecule has 0 radical (unpaired) electrons. The number of phenols is 4. The number of ether oxygens (including phenoxy) is 5. The van der Waals surface area contributed by atoms with Gasteiger partial charge in [0.05, 0.1) is 24.3 Å². The Bertz CT molecular complexity index is 1300. The Morgan fingerprint density at radius 2 is 1.40 bits per heavy atom. The summed E-state index contributed by atoms with van der Waals surface area (Å²) < 4.78 is 27.0. The normalized spacial score (nSPS) is 36.5. The second kappa shape index (κ2) is 11.7. The molecule has 0 bridgehead atoms. The fourth-order valence-electron chi connectivity index (χ4n) is 4.94. The molecule has 5 rings (SSSR count). The van der Waals surface area contributed by atoms with E-state index in [9.17, 15) is 51.1 Å². The van der Waals surface area contributed by atoms with Crippen molar-refractivity contribution < 1.29 is 74.7 Å². The molecule has 15 heteroatoms. The van der Waals surface area contributed by atoms with Crippen LogP contribution in [0.4, 0.5) is 0 Å². The van der Waals surface area contributed by atoms with Crippen molar-refractivity contribution in [2.24, 2.45) is 0 Å². The van der Waals surface area contributed by atoms with Gasteiger partial charge in [-0.25, -0.2) is 0 Å². The van der Waals surface area contributed by atoms with Crippen molar-refractivity contribution in [2.45, 2.75) is 74.4 Å². The maximum Gasteiger partial charge on any atom is 0.270 e. The summed E-state index contributed by atoms with van der Waals surface area (Å²) in [7, 11) is 0. The molecule has 2 saturated heterocycles. The Kier molecular flexibility index (Phi) is 8.39. The van der Waals surface area contributed by atoms with E-state index in [1.807, 2.05) is 0 Å². The van der Waals surface area contributed by atoms with Gasteiger partial charge in [-0.2, -0.15) is 0 Å². The first kappa shape index (κ1) is 30.1. The number of hydrogen-bond donors (Lipinski definition) is 10. The first-order chi connectivity index (χ1) is 19.9. The van der Waals surface area contributed by atoms with Crippen LogP contribution < -0.4 is 0 Å². The Labute approximate surface area is 238 Å². The molecule has 2 aromatic carbocycles. The second-order valence-electron chi connectivity index (χ2n) is 10.3. The van der Waals surface area contributed by atoms with Gasteiger partial charge in [-0.3, -0.25) is 0 Å². The third-order valence-electron chi connectivity index (χ3n) is 7.46. The minimum atomic E-state index is -1.80. The summed E-state index contributed by atoms with van der Waals surface area (Å²) in [5, 5.41) is 102. The summed E-state index contributed by atoms with van der Waals surface area (Å²) in [5.74, 6) is -2.10. The molecule has 0 aromatic heterocycles. The summed E-state index contributed by atoms with van der Waals surface area (Å²) in [6.07, 6.45) is -14.8. The fourth-order valence-corrected chi connectivity index (χ4v) is 4.94. The van der Waals surface area contributed by atoms with Crippen LogP contribution >= 0.6 is 0 Å². The number of aliphatic hydroxyl groups is 7. The summed E-state index contributed by atoms with van der Waals surface area (Å²) >= 11 is 0. The van der Waals surface area contributed by atoms with Crippen molar-refractivity contribution in [3.8, 4) is 28.7 Å². The number of fused-ring (bicyclic) bond motifs is 1. The number of hydrogen-bond acceptors (Lipinski definition) is 14. The minimum Gasteiger partial charge on any atom is -0.571 e. The molecule has 0 spiro atoms. The molecule has 3 aliphatic heterocycles. The van der Waals surface area contributed by atoms with Crippen molar-refractivity contribution in [3.63, 3.8) is 0 Å². The highest BCUT2D eigenvalue weighted by Crippen LogP contribution is 2.50. The Hall–Kier alpha value is -3.38. The van der Waals surface area contributed by atoms with Crippen LogP contribution in [0, 0.1) is 0 Å². The molecule has 2 aromatic rings. The van der Waals surface area contributed by atoms with Gasteiger partial charge in [-0.15, -0.1) is 0 Å². The zero-order chi connectivity index (χ0) is 30.5. The smallest absolute Gasteiger partial charge is 0.270 e. The lowest BCUT2D eigenvalue weighted by Crippen LogP contribution is -2.61. The van der Waals surface area contributed by atoms with E-state index < -0.39 is 91.4 Å². The molecule has 11 N–H and O–H groups in total. The molecule has 0 amide bonds. The maximum atomic E-state index is 10.7. The maximum absolute atomic E-state index is 10.7. The molecule has 42 heavy (non-hydrogen) atoms. The van der Waals surface area contributed by atoms with Gasteiger partial charge in [0, 0.05) is 6.08 Å². The molecule has 15 nitrogen and oxygen atoms in total. The van der Waals surface area contributed by atoms with Gasteiger partial charge < -0.3 is 74.7 Å². The van der Waals surface area contributed by atoms with E-state index >= 15 is 0 Å². The standard InChI is InChI=1S/C27H32O15/c1-9-17(30)21(34)23(36)26(39-9)38-8-16-20(33)22(35)24(37)27(42-16)41-15-6-12-14(7-13(29)19(32)18(12)31)40-25(15)10-2-4-11(28)5-3-10/h2-7,9,16-17,20-37H,8H2,1H3/p+1. The average molecular weight is 598 g/mol. The third-order valence-corrected chi connectivity index (χ3v) is 7.46. The molecule has 0 aliphatic carbocycles. The van der Waals surface area contributed by atoms with Crippen LogP contribution in [0.15, 0.2) is 36.1 Å². The van der Waals surface area contributed by atoms with Crippen LogP contribution in [-0.2, 0) is 18.9 Å². The molecule has 11 unspecified atom stereocenters. The predicted molar refractivity (Wildman–Crippen MR) is 138 cm³/mol. The van der Waals surface area contributed by atoms with Crippen LogP contribution in [-0.4, -0.2) is 124 Å². The van der Waals surface area contributed by atoms with Crippen molar-refractivity contribution in [1.29, 1.82) is 0 Å². The van der Waals surface area contributed by atoms with E-state index in [2.05, 4.69) is 4.74 Å². The van der Waals surface area contributed by atoms with E-state index in [1.54, 1.807) is 0 Å². The highest BCUT2D eigenvalue weighted by molar-refractivity contribution is 5.73. The van der Waals surface area contributed by atoms with Crippen molar-refractivity contribution >= 4 is 6.08 Å². The summed E-state index contributed by atoms with van der Waals surface area (Å²) in [6, 6.07) is 6.97. The Balaban J connectivity index is 1.39. The van der Waals surface area contributed by atoms with Crippen LogP contribution in [0.25, 0.3) is 6.08 Å². The van der Waals surface area contributed by atoms with Gasteiger partial charge in [0.25, 0.3) is 11.9 Å². The highest BCUT2D eigenvalue weighted by Gasteiger charge is 2.48. The molecular formula is C27H33O15+. The minimum absolute atomic E-state index is 0.0283. The largest absolute Gasteiger partial charge is 0.571 e. The van der Waals surface area contributed by atoms with E-state index in [-0.39, 0.29) is 22.8 Å². The third kappa shape index (κ3) is 5.54. The number of benzene rings is 2. The molecule has 11 atom stereocenters. The molecular weight excluding hydrogens is 564 g/mol. The van der Waals surface area contributed by atoms with Gasteiger partial charge >= 0.3 is 0 Å². The quantitative estimate of drug-likeness (QED) is 0.104. The summed E-state index contributed by atoms with van der Waals surface area (Å²) in [6.45, 7) is 0.945. The van der Waals surface area contributed by atoms with Crippen LogP contribution in [0.2, 0.25) is 0 Å². The number of aliphatic hydroxyl groups excluding tert-OH is 6. The van der Waals surface area contributed by atoms with Gasteiger partial charge in [0.15, 0.2) is 23.5 Å². The average Bonchev–Trinajstić information content (AvgIpc) is 2.97. The highest BCUT2D eigenvalue weighted by atomic mass is 16.7. The Morgan fingerprint density at radius 3 is 2.10 bits per heavy atom. The van der Waals surface area contributed by atoms with Crippen molar-refractivity contribution in [3.05, 3.63) is 47.2 Å². The van der Waals surface area contributed by atoms with Gasteiger partial charge in [0.2, 0.25) is 12.0 Å². The van der Waals surface area contributed by atoms with Crippen molar-refractivity contribution in [1.82, 2.24) is 0 Å². The lowest BCUT2D eigenvalue weighted by Gasteiger charge is -2.42. The molecule has 3 aliphatic rings. The lowest BCUT2D eigenvalue weighted by molar-refractivity contribution is -0.325. The van der Waals surface area contributed by atoms with E-state index in [0.29, 0.717) is 5.56 Å². The fraction of sp³-hybridized carbons (Fsp3) is 0.481. The summed E-state index contributed by atoms with van der Waals surface area (Å²) in [4.78, 5) is 0. The monoisotopic (exact) mass is 597 g/mol. The molecule has 2 fully saturated rings. The topological polar surface area (TPSA) is 252 Å². The molecule has 0 saturated carbocycles. The number of aromatic hydroxyl groups is 5. The second-order valence-corrected chi connectivity index (χ2v) is 10.3.